The van der Waals surface area contributed by atoms with Gasteiger partial charge in [-0.25, -0.2) is 4.79 Å². The van der Waals surface area contributed by atoms with Gasteiger partial charge in [0.2, 0.25) is 0 Å². The first-order valence-corrected chi connectivity index (χ1v) is 7.64. The van der Waals surface area contributed by atoms with Crippen LogP contribution in [-0.4, -0.2) is 31.3 Å². The zero-order chi connectivity index (χ0) is 18.2. The first-order valence-electron chi connectivity index (χ1n) is 7.64. The number of halogens is 2. The fraction of sp³-hybridized carbons (Fsp3) is 0.278. The van der Waals surface area contributed by atoms with Crippen molar-refractivity contribution in [3.05, 3.63) is 59.2 Å². The Bertz CT molecular complexity index is 705. The molecule has 0 unspecified atom stereocenters. The predicted molar refractivity (Wildman–Crippen MR) is 88.4 cm³/mol. The van der Waals surface area contributed by atoms with Crippen molar-refractivity contribution in [2.45, 2.75) is 19.6 Å². The molecule has 2 aromatic carbocycles. The zero-order valence-corrected chi connectivity index (χ0v) is 13.7. The number of hydrogen-bond acceptors (Lipinski definition) is 4. The van der Waals surface area contributed by atoms with Crippen LogP contribution in [-0.2, 0) is 13.0 Å². The number of rotatable bonds is 9. The lowest BCUT2D eigenvalue weighted by Crippen LogP contribution is -2.16. The van der Waals surface area contributed by atoms with Crippen molar-refractivity contribution < 1.29 is 28.2 Å². The third-order valence-corrected chi connectivity index (χ3v) is 3.56. The number of carbonyl (C=O) groups is 1. The van der Waals surface area contributed by atoms with Crippen molar-refractivity contribution >= 4 is 5.97 Å². The van der Waals surface area contributed by atoms with Gasteiger partial charge >= 0.3 is 12.6 Å². The van der Waals surface area contributed by atoms with Crippen molar-refractivity contribution in [2.75, 3.05) is 13.7 Å². The summed E-state index contributed by atoms with van der Waals surface area (Å²) in [6.45, 7) is -1.70. The summed E-state index contributed by atoms with van der Waals surface area (Å²) in [5, 5.41) is 12.1. The van der Waals surface area contributed by atoms with Gasteiger partial charge in [0.1, 0.15) is 0 Å². The van der Waals surface area contributed by atoms with Gasteiger partial charge in [-0.05, 0) is 48.4 Å². The molecule has 0 aromatic heterocycles. The fourth-order valence-electron chi connectivity index (χ4n) is 2.30. The van der Waals surface area contributed by atoms with Gasteiger partial charge in [-0.2, -0.15) is 8.78 Å². The van der Waals surface area contributed by atoms with Gasteiger partial charge in [0.05, 0.1) is 12.7 Å². The molecule has 0 saturated heterocycles. The highest BCUT2D eigenvalue weighted by Gasteiger charge is 2.11. The average molecular weight is 351 g/mol. The Morgan fingerprint density at radius 1 is 1.12 bits per heavy atom. The normalized spacial score (nSPS) is 10.7. The van der Waals surface area contributed by atoms with Crippen LogP contribution in [0.15, 0.2) is 42.5 Å². The van der Waals surface area contributed by atoms with Gasteiger partial charge in [-0.3, -0.25) is 0 Å². The van der Waals surface area contributed by atoms with E-state index in [-0.39, 0.29) is 17.1 Å². The van der Waals surface area contributed by atoms with Gasteiger partial charge in [0.25, 0.3) is 0 Å². The minimum absolute atomic E-state index is 0.0132. The number of alkyl halides is 2. The summed E-state index contributed by atoms with van der Waals surface area (Å²) in [7, 11) is 1.39. The summed E-state index contributed by atoms with van der Waals surface area (Å²) in [5.41, 5.74) is 2.04. The molecular formula is C18H19F2NO4. The van der Waals surface area contributed by atoms with Gasteiger partial charge < -0.3 is 19.9 Å². The molecule has 7 heteroatoms. The van der Waals surface area contributed by atoms with E-state index in [0.717, 1.165) is 11.1 Å². The minimum Gasteiger partial charge on any atom is -0.493 e. The van der Waals surface area contributed by atoms with E-state index in [4.69, 9.17) is 9.84 Å². The maximum absolute atomic E-state index is 12.4. The first-order chi connectivity index (χ1) is 12.0. The highest BCUT2D eigenvalue weighted by Crippen LogP contribution is 2.29. The van der Waals surface area contributed by atoms with Gasteiger partial charge in [0.15, 0.2) is 11.5 Å². The first kappa shape index (κ1) is 18.7. The van der Waals surface area contributed by atoms with Crippen LogP contribution in [0.5, 0.6) is 11.5 Å². The second-order valence-corrected chi connectivity index (χ2v) is 5.29. The van der Waals surface area contributed by atoms with E-state index < -0.39 is 12.6 Å². The molecule has 5 nitrogen and oxygen atoms in total. The van der Waals surface area contributed by atoms with Crippen molar-refractivity contribution in [2.24, 2.45) is 0 Å². The van der Waals surface area contributed by atoms with E-state index in [9.17, 15) is 13.6 Å². The van der Waals surface area contributed by atoms with Crippen LogP contribution in [0.4, 0.5) is 8.78 Å². The Hall–Kier alpha value is -2.67. The summed E-state index contributed by atoms with van der Waals surface area (Å²) in [4.78, 5) is 10.8. The third-order valence-electron chi connectivity index (χ3n) is 3.56. The van der Waals surface area contributed by atoms with Crippen LogP contribution in [0.25, 0.3) is 0 Å². The van der Waals surface area contributed by atoms with Crippen LogP contribution < -0.4 is 14.8 Å². The second kappa shape index (κ2) is 8.98. The highest BCUT2D eigenvalue weighted by atomic mass is 19.3. The lowest BCUT2D eigenvalue weighted by Gasteiger charge is -2.12. The highest BCUT2D eigenvalue weighted by molar-refractivity contribution is 5.87. The molecule has 25 heavy (non-hydrogen) atoms. The zero-order valence-electron chi connectivity index (χ0n) is 13.7. The van der Waals surface area contributed by atoms with Crippen molar-refractivity contribution in [1.82, 2.24) is 5.32 Å². The number of ether oxygens (including phenoxy) is 2. The number of carboxylic acids is 1. The maximum atomic E-state index is 12.4. The maximum Gasteiger partial charge on any atom is 0.387 e. The van der Waals surface area contributed by atoms with E-state index in [2.05, 4.69) is 10.1 Å². The molecule has 2 aromatic rings. The fourth-order valence-corrected chi connectivity index (χ4v) is 2.30. The summed E-state index contributed by atoms with van der Waals surface area (Å²) in [5.74, 6) is -0.685. The number of benzene rings is 2. The number of carboxylic acid groups (broad SMARTS) is 1. The molecule has 0 fully saturated rings. The van der Waals surface area contributed by atoms with Crippen LogP contribution in [0, 0.1) is 0 Å². The van der Waals surface area contributed by atoms with E-state index in [1.54, 1.807) is 36.4 Å². The summed E-state index contributed by atoms with van der Waals surface area (Å²) >= 11 is 0. The molecule has 0 bridgehead atoms. The Labute approximate surface area is 144 Å². The molecule has 0 heterocycles. The Morgan fingerprint density at radius 2 is 1.80 bits per heavy atom. The Morgan fingerprint density at radius 3 is 2.40 bits per heavy atom. The molecule has 2 N–H and O–H groups in total. The van der Waals surface area contributed by atoms with Crippen LogP contribution in [0.2, 0.25) is 0 Å². The molecule has 0 aliphatic rings. The SMILES string of the molecule is COc1ccc(CCNCc2ccc(C(=O)O)cc2)cc1OC(F)F. The lowest BCUT2D eigenvalue weighted by atomic mass is 10.1. The van der Waals surface area contributed by atoms with Crippen molar-refractivity contribution in [3.63, 3.8) is 0 Å². The standard InChI is InChI=1S/C18H19F2NO4/c1-24-15-7-4-12(10-16(15)25-18(19)20)8-9-21-11-13-2-5-14(6-3-13)17(22)23/h2-7,10,18,21H,8-9,11H2,1H3,(H,22,23). The van der Waals surface area contributed by atoms with E-state index in [1.807, 2.05) is 0 Å². The monoisotopic (exact) mass is 351 g/mol. The van der Waals surface area contributed by atoms with Gasteiger partial charge in [-0.1, -0.05) is 18.2 Å². The predicted octanol–water partition coefficient (Wildman–Crippen LogP) is 3.33. The van der Waals surface area contributed by atoms with Gasteiger partial charge in [-0.15, -0.1) is 0 Å². The minimum atomic E-state index is -2.91. The topological polar surface area (TPSA) is 67.8 Å². The molecular weight excluding hydrogens is 332 g/mol. The summed E-state index contributed by atoms with van der Waals surface area (Å²) in [6.07, 6.45) is 0.622. The average Bonchev–Trinajstić information content (AvgIpc) is 2.59. The summed E-state index contributed by atoms with van der Waals surface area (Å²) < 4.78 is 34.3. The molecule has 0 amide bonds. The third kappa shape index (κ3) is 5.72. The lowest BCUT2D eigenvalue weighted by molar-refractivity contribution is -0.0512. The van der Waals surface area contributed by atoms with E-state index >= 15 is 0 Å². The largest absolute Gasteiger partial charge is 0.493 e. The van der Waals surface area contributed by atoms with E-state index in [1.165, 1.54) is 13.2 Å². The molecule has 0 aliphatic carbocycles. The van der Waals surface area contributed by atoms with Crippen molar-refractivity contribution in [1.29, 1.82) is 0 Å². The van der Waals surface area contributed by atoms with Crippen LogP contribution >= 0.6 is 0 Å². The molecule has 134 valence electrons. The number of methoxy groups -OCH3 is 1. The molecule has 0 atom stereocenters. The van der Waals surface area contributed by atoms with Crippen molar-refractivity contribution in [3.8, 4) is 11.5 Å². The van der Waals surface area contributed by atoms with Gasteiger partial charge in [0, 0.05) is 6.54 Å². The smallest absolute Gasteiger partial charge is 0.387 e. The quantitative estimate of drug-likeness (QED) is 0.679. The summed E-state index contributed by atoms with van der Waals surface area (Å²) in [6, 6.07) is 11.5. The Kier molecular flexibility index (Phi) is 6.71. The number of nitrogens with one attached hydrogen (secondary N) is 1. The number of aromatic carboxylic acids is 1. The second-order valence-electron chi connectivity index (χ2n) is 5.29. The Balaban J connectivity index is 1.85. The molecule has 0 radical (unpaired) electrons. The molecule has 0 spiro atoms. The van der Waals surface area contributed by atoms with Crippen LogP contribution in [0.3, 0.4) is 0 Å². The van der Waals surface area contributed by atoms with E-state index in [0.29, 0.717) is 19.5 Å². The molecule has 2 rings (SSSR count). The molecule has 0 aliphatic heterocycles. The molecule has 0 saturated carbocycles. The van der Waals surface area contributed by atoms with Crippen LogP contribution in [0.1, 0.15) is 21.5 Å². The number of hydrogen-bond donors (Lipinski definition) is 2.